The molecule has 0 aliphatic carbocycles. The molecule has 1 N–H and O–H groups in total. The first kappa shape index (κ1) is 18.7. The molecule has 1 amide bonds. The fraction of sp³-hybridized carbons (Fsp3) is 0.211. The Bertz CT molecular complexity index is 1020. The number of aromatic nitrogens is 3. The zero-order chi connectivity index (χ0) is 19.5. The molecule has 0 bridgehead atoms. The Morgan fingerprint density at radius 2 is 2.04 bits per heavy atom. The summed E-state index contributed by atoms with van der Waals surface area (Å²) in [4.78, 5) is 13.4. The summed E-state index contributed by atoms with van der Waals surface area (Å²) in [6.45, 7) is 0.230. The van der Waals surface area contributed by atoms with Crippen molar-refractivity contribution in [1.29, 1.82) is 0 Å². The summed E-state index contributed by atoms with van der Waals surface area (Å²) >= 11 is 2.98. The molecule has 0 saturated carbocycles. The van der Waals surface area contributed by atoms with E-state index in [1.807, 2.05) is 60.3 Å². The van der Waals surface area contributed by atoms with E-state index in [4.69, 9.17) is 9.47 Å². The van der Waals surface area contributed by atoms with Gasteiger partial charge in [-0.1, -0.05) is 17.8 Å². The second kappa shape index (κ2) is 8.15. The summed E-state index contributed by atoms with van der Waals surface area (Å²) in [6, 6.07) is 13.4. The number of anilines is 1. The highest BCUT2D eigenvalue weighted by atomic mass is 32.2. The fourth-order valence-electron chi connectivity index (χ4n) is 2.76. The van der Waals surface area contributed by atoms with E-state index in [-0.39, 0.29) is 18.5 Å². The lowest BCUT2D eigenvalue weighted by molar-refractivity contribution is -0.113. The van der Waals surface area contributed by atoms with Crippen LogP contribution in [-0.2, 0) is 11.8 Å². The monoisotopic (exact) mass is 414 g/mol. The Labute approximate surface area is 170 Å². The fourth-order valence-corrected chi connectivity index (χ4v) is 3.93. The van der Waals surface area contributed by atoms with Crippen molar-refractivity contribution < 1.29 is 14.3 Å². The van der Waals surface area contributed by atoms with E-state index in [1.165, 1.54) is 11.8 Å². The van der Waals surface area contributed by atoms with Crippen molar-refractivity contribution in [3.8, 4) is 22.9 Å². The minimum atomic E-state index is -0.0871. The summed E-state index contributed by atoms with van der Waals surface area (Å²) in [7, 11) is 1.88. The smallest absolute Gasteiger partial charge is 0.234 e. The number of nitrogens with zero attached hydrogens (tertiary/aromatic N) is 3. The summed E-state index contributed by atoms with van der Waals surface area (Å²) < 4.78 is 12.6. The second-order valence-electron chi connectivity index (χ2n) is 6.00. The molecule has 0 fully saturated rings. The number of amides is 1. The quantitative estimate of drug-likeness (QED) is 0.617. The molecule has 0 saturated heterocycles. The summed E-state index contributed by atoms with van der Waals surface area (Å²) in [5.41, 5.74) is 1.67. The van der Waals surface area contributed by atoms with E-state index in [2.05, 4.69) is 15.5 Å². The molecule has 4 rings (SSSR count). The first-order chi connectivity index (χ1) is 13.6. The number of hydrogen-bond donors (Lipinski definition) is 1. The molecule has 1 aliphatic heterocycles. The number of benzene rings is 2. The molecule has 0 radical (unpaired) electrons. The van der Waals surface area contributed by atoms with Crippen LogP contribution in [0.25, 0.3) is 11.4 Å². The predicted octanol–water partition coefficient (Wildman–Crippen LogP) is 3.66. The zero-order valence-corrected chi connectivity index (χ0v) is 17.0. The van der Waals surface area contributed by atoms with Crippen LogP contribution in [0.15, 0.2) is 52.5 Å². The van der Waals surface area contributed by atoms with E-state index in [0.717, 1.165) is 21.9 Å². The van der Waals surface area contributed by atoms with Crippen molar-refractivity contribution in [2.75, 3.05) is 24.1 Å². The van der Waals surface area contributed by atoms with Crippen molar-refractivity contribution in [2.45, 2.75) is 10.1 Å². The Morgan fingerprint density at radius 1 is 1.18 bits per heavy atom. The molecule has 9 heteroatoms. The van der Waals surface area contributed by atoms with Gasteiger partial charge in [0.2, 0.25) is 12.7 Å². The number of nitrogens with one attached hydrogen (secondary N) is 1. The molecule has 0 spiro atoms. The summed E-state index contributed by atoms with van der Waals surface area (Å²) in [5.74, 6) is 2.28. The lowest BCUT2D eigenvalue weighted by Gasteiger charge is -2.07. The maximum Gasteiger partial charge on any atom is 0.234 e. The molecular formula is C19H18N4O3S2. The number of fused-ring (bicyclic) bond motifs is 1. The number of carbonyl (C=O) groups excluding carboxylic acids is 1. The molecule has 144 valence electrons. The molecule has 0 atom stereocenters. The highest BCUT2D eigenvalue weighted by molar-refractivity contribution is 7.99. The first-order valence-electron chi connectivity index (χ1n) is 8.50. The van der Waals surface area contributed by atoms with Crippen LogP contribution in [-0.4, -0.2) is 39.5 Å². The third-order valence-corrected chi connectivity index (χ3v) is 5.90. The van der Waals surface area contributed by atoms with E-state index >= 15 is 0 Å². The van der Waals surface area contributed by atoms with Crippen LogP contribution in [0, 0.1) is 0 Å². The van der Waals surface area contributed by atoms with Crippen LogP contribution in [0.1, 0.15) is 0 Å². The molecule has 3 aromatic rings. The largest absolute Gasteiger partial charge is 0.454 e. The van der Waals surface area contributed by atoms with Crippen molar-refractivity contribution in [3.63, 3.8) is 0 Å². The molecular weight excluding hydrogens is 396 g/mol. The number of carbonyl (C=O) groups is 1. The Balaban J connectivity index is 1.41. The van der Waals surface area contributed by atoms with Gasteiger partial charge in [-0.05, 0) is 42.7 Å². The van der Waals surface area contributed by atoms with Gasteiger partial charge in [-0.25, -0.2) is 0 Å². The van der Waals surface area contributed by atoms with Gasteiger partial charge >= 0.3 is 0 Å². The van der Waals surface area contributed by atoms with Crippen LogP contribution in [0.3, 0.4) is 0 Å². The zero-order valence-electron chi connectivity index (χ0n) is 15.3. The normalized spacial score (nSPS) is 12.2. The highest BCUT2D eigenvalue weighted by Crippen LogP contribution is 2.35. The third-order valence-electron chi connectivity index (χ3n) is 4.15. The van der Waals surface area contributed by atoms with Gasteiger partial charge in [0.25, 0.3) is 0 Å². The van der Waals surface area contributed by atoms with Crippen LogP contribution in [0.2, 0.25) is 0 Å². The molecule has 0 unspecified atom stereocenters. The van der Waals surface area contributed by atoms with Gasteiger partial charge in [-0.3, -0.25) is 4.79 Å². The van der Waals surface area contributed by atoms with Crippen molar-refractivity contribution in [1.82, 2.24) is 14.8 Å². The molecule has 2 heterocycles. The van der Waals surface area contributed by atoms with Gasteiger partial charge < -0.3 is 19.4 Å². The number of thioether (sulfide) groups is 2. The van der Waals surface area contributed by atoms with Gasteiger partial charge in [0.05, 0.1) is 5.75 Å². The first-order valence-corrected chi connectivity index (χ1v) is 10.7. The number of hydrogen-bond acceptors (Lipinski definition) is 7. The molecule has 2 aromatic carbocycles. The van der Waals surface area contributed by atoms with Gasteiger partial charge in [0.15, 0.2) is 22.5 Å². The molecule has 1 aromatic heterocycles. The lowest BCUT2D eigenvalue weighted by atomic mass is 10.2. The predicted molar refractivity (Wildman–Crippen MR) is 110 cm³/mol. The number of rotatable bonds is 6. The average molecular weight is 415 g/mol. The summed E-state index contributed by atoms with van der Waals surface area (Å²) in [5, 5.41) is 12.0. The van der Waals surface area contributed by atoms with Crippen LogP contribution in [0.4, 0.5) is 5.69 Å². The topological polar surface area (TPSA) is 78.3 Å². The van der Waals surface area contributed by atoms with Crippen molar-refractivity contribution in [3.05, 3.63) is 42.5 Å². The SMILES string of the molecule is CSc1cccc(NC(=O)CSc2nnc(-c3ccc4c(c3)OCO4)n2C)c1. The number of ether oxygens (including phenoxy) is 2. The van der Waals surface area contributed by atoms with Gasteiger partial charge in [0.1, 0.15) is 0 Å². The van der Waals surface area contributed by atoms with E-state index in [1.54, 1.807) is 11.8 Å². The minimum absolute atomic E-state index is 0.0871. The summed E-state index contributed by atoms with van der Waals surface area (Å²) in [6.07, 6.45) is 2.00. The van der Waals surface area contributed by atoms with E-state index in [9.17, 15) is 4.79 Å². The average Bonchev–Trinajstić information content (AvgIpc) is 3.32. The van der Waals surface area contributed by atoms with Crippen LogP contribution < -0.4 is 14.8 Å². The standard InChI is InChI=1S/C19H18N4O3S2/c1-23-18(12-6-7-15-16(8-12)26-11-25-15)21-22-19(23)28-10-17(24)20-13-4-3-5-14(9-13)27-2/h3-9H,10-11H2,1-2H3,(H,20,24). The maximum absolute atomic E-state index is 12.3. The Kier molecular flexibility index (Phi) is 5.45. The Morgan fingerprint density at radius 3 is 2.89 bits per heavy atom. The molecule has 28 heavy (non-hydrogen) atoms. The third kappa shape index (κ3) is 3.95. The highest BCUT2D eigenvalue weighted by Gasteiger charge is 2.18. The van der Waals surface area contributed by atoms with E-state index in [0.29, 0.717) is 16.7 Å². The van der Waals surface area contributed by atoms with Gasteiger partial charge in [0, 0.05) is 23.2 Å². The van der Waals surface area contributed by atoms with Crippen LogP contribution in [0.5, 0.6) is 11.5 Å². The van der Waals surface area contributed by atoms with E-state index < -0.39 is 0 Å². The second-order valence-corrected chi connectivity index (χ2v) is 7.82. The lowest BCUT2D eigenvalue weighted by Crippen LogP contribution is -2.14. The van der Waals surface area contributed by atoms with Crippen LogP contribution >= 0.6 is 23.5 Å². The van der Waals surface area contributed by atoms with Gasteiger partial charge in [-0.2, -0.15) is 0 Å². The maximum atomic E-state index is 12.3. The molecule has 7 nitrogen and oxygen atoms in total. The van der Waals surface area contributed by atoms with Crippen molar-refractivity contribution in [2.24, 2.45) is 7.05 Å². The van der Waals surface area contributed by atoms with Crippen molar-refractivity contribution >= 4 is 35.1 Å². The van der Waals surface area contributed by atoms with Gasteiger partial charge in [-0.15, -0.1) is 22.0 Å². The minimum Gasteiger partial charge on any atom is -0.454 e. The Hall–Kier alpha value is -2.65. The molecule has 1 aliphatic rings.